The van der Waals surface area contributed by atoms with Crippen LogP contribution in [0.5, 0.6) is 0 Å². The first-order valence-corrected chi connectivity index (χ1v) is 13.1. The smallest absolute Gasteiger partial charge is 0.285 e. The van der Waals surface area contributed by atoms with Gasteiger partial charge >= 0.3 is 0 Å². The van der Waals surface area contributed by atoms with E-state index in [9.17, 15) is 13.2 Å². The van der Waals surface area contributed by atoms with Crippen LogP contribution in [0, 0.1) is 17.2 Å². The highest BCUT2D eigenvalue weighted by Gasteiger charge is 2.35. The fourth-order valence-corrected chi connectivity index (χ4v) is 6.21. The van der Waals surface area contributed by atoms with Gasteiger partial charge in [0.15, 0.2) is 5.84 Å². The van der Waals surface area contributed by atoms with Gasteiger partial charge in [-0.1, -0.05) is 24.3 Å². The summed E-state index contributed by atoms with van der Waals surface area (Å²) in [6, 6.07) is 16.7. The zero-order valence-electron chi connectivity index (χ0n) is 18.9. The Hall–Kier alpha value is -3.22. The van der Waals surface area contributed by atoms with Crippen LogP contribution < -0.4 is 0 Å². The van der Waals surface area contributed by atoms with Crippen LogP contribution in [0.2, 0.25) is 0 Å². The van der Waals surface area contributed by atoms with Gasteiger partial charge in [0.2, 0.25) is 5.91 Å². The summed E-state index contributed by atoms with van der Waals surface area (Å²) >= 11 is 0. The lowest BCUT2D eigenvalue weighted by atomic mass is 9.94. The lowest BCUT2D eigenvalue weighted by molar-refractivity contribution is -0.138. The number of sulfonamides is 1. The maximum Gasteiger partial charge on any atom is 0.285 e. The molecule has 9 heteroatoms. The molecule has 8 nitrogen and oxygen atoms in total. The number of nitriles is 1. The van der Waals surface area contributed by atoms with E-state index in [0.717, 1.165) is 19.6 Å². The first-order valence-electron chi connectivity index (χ1n) is 11.6. The molecule has 0 aromatic heterocycles. The fourth-order valence-electron chi connectivity index (χ4n) is 4.98. The van der Waals surface area contributed by atoms with E-state index >= 15 is 0 Å². The number of amides is 1. The van der Waals surface area contributed by atoms with Gasteiger partial charge in [0, 0.05) is 57.3 Å². The number of hydrogen-bond donors (Lipinski definition) is 0. The third kappa shape index (κ3) is 4.43. The Morgan fingerprint density at radius 1 is 0.971 bits per heavy atom. The van der Waals surface area contributed by atoms with Crippen LogP contribution in [0.3, 0.4) is 0 Å². The summed E-state index contributed by atoms with van der Waals surface area (Å²) in [5, 5.41) is 8.94. The summed E-state index contributed by atoms with van der Waals surface area (Å²) in [5.41, 5.74) is 2.49. The Labute approximate surface area is 200 Å². The van der Waals surface area contributed by atoms with Crippen LogP contribution >= 0.6 is 0 Å². The lowest BCUT2D eigenvalue weighted by Gasteiger charge is -2.39. The molecule has 0 unspecified atom stereocenters. The largest absolute Gasteiger partial charge is 0.355 e. The molecule has 0 radical (unpaired) electrons. The van der Waals surface area contributed by atoms with E-state index in [4.69, 9.17) is 5.26 Å². The molecule has 3 aliphatic rings. The van der Waals surface area contributed by atoms with E-state index in [0.29, 0.717) is 56.0 Å². The monoisotopic (exact) mass is 477 g/mol. The Balaban J connectivity index is 1.13. The van der Waals surface area contributed by atoms with Crippen molar-refractivity contribution in [1.29, 1.82) is 5.26 Å². The molecule has 5 rings (SSSR count). The van der Waals surface area contributed by atoms with Gasteiger partial charge < -0.3 is 9.80 Å². The van der Waals surface area contributed by atoms with Gasteiger partial charge in [0.05, 0.1) is 11.6 Å². The second-order valence-electron chi connectivity index (χ2n) is 9.06. The van der Waals surface area contributed by atoms with Crippen molar-refractivity contribution in [3.63, 3.8) is 0 Å². The minimum absolute atomic E-state index is 0.0322. The van der Waals surface area contributed by atoms with Crippen LogP contribution in [0.15, 0.2) is 57.8 Å². The normalized spacial score (nSPS) is 20.5. The molecular weight excluding hydrogens is 450 g/mol. The zero-order chi connectivity index (χ0) is 23.7. The predicted octanol–water partition coefficient (Wildman–Crippen LogP) is 2.06. The van der Waals surface area contributed by atoms with Crippen molar-refractivity contribution >= 4 is 21.8 Å². The molecule has 2 fully saturated rings. The van der Waals surface area contributed by atoms with Crippen molar-refractivity contribution < 1.29 is 13.2 Å². The first kappa shape index (κ1) is 22.6. The Morgan fingerprint density at radius 2 is 1.65 bits per heavy atom. The Bertz CT molecular complexity index is 1250. The maximum absolute atomic E-state index is 13.2. The standard InChI is InChI=1S/C25H27N5O3S/c26-17-19-5-7-20(8-6-19)18-28-13-15-30(16-14-28)25(31)21-9-11-29(12-10-21)24-22-3-1-2-4-23(22)34(32,33)27-24/h1-8,21H,9-16,18H2. The summed E-state index contributed by atoms with van der Waals surface area (Å²) in [6.07, 6.45) is 1.40. The van der Waals surface area contributed by atoms with Crippen LogP contribution in [0.25, 0.3) is 0 Å². The average molecular weight is 478 g/mol. The molecule has 0 aliphatic carbocycles. The van der Waals surface area contributed by atoms with Crippen LogP contribution in [-0.2, 0) is 21.4 Å². The van der Waals surface area contributed by atoms with Crippen molar-refractivity contribution in [3.05, 3.63) is 65.2 Å². The molecule has 0 spiro atoms. The van der Waals surface area contributed by atoms with Crippen LogP contribution in [0.4, 0.5) is 0 Å². The number of piperidine rings is 1. The SMILES string of the molecule is N#Cc1ccc(CN2CCN(C(=O)C3CCN(C4=NS(=O)(=O)c5ccccc54)CC3)CC2)cc1. The number of fused-ring (bicyclic) bond motifs is 1. The molecule has 0 atom stereocenters. The van der Waals surface area contributed by atoms with Gasteiger partial charge in [0.25, 0.3) is 10.0 Å². The molecule has 2 aromatic carbocycles. The third-order valence-electron chi connectivity index (χ3n) is 6.93. The van der Waals surface area contributed by atoms with Crippen molar-refractivity contribution in [2.24, 2.45) is 10.3 Å². The van der Waals surface area contributed by atoms with Crippen molar-refractivity contribution in [2.75, 3.05) is 39.3 Å². The number of nitrogens with zero attached hydrogens (tertiary/aromatic N) is 5. The van der Waals surface area contributed by atoms with Crippen LogP contribution in [-0.4, -0.2) is 74.1 Å². The zero-order valence-corrected chi connectivity index (χ0v) is 19.7. The second kappa shape index (κ2) is 9.20. The van der Waals surface area contributed by atoms with Gasteiger partial charge in [-0.15, -0.1) is 4.40 Å². The number of hydrogen-bond acceptors (Lipinski definition) is 6. The molecule has 176 valence electrons. The molecule has 3 aliphatic heterocycles. The predicted molar refractivity (Wildman–Crippen MR) is 127 cm³/mol. The molecular formula is C25H27N5O3S. The van der Waals surface area contributed by atoms with Gasteiger partial charge in [-0.25, -0.2) is 0 Å². The quantitative estimate of drug-likeness (QED) is 0.671. The van der Waals surface area contributed by atoms with Crippen molar-refractivity contribution in [1.82, 2.24) is 14.7 Å². The summed E-state index contributed by atoms with van der Waals surface area (Å²) in [5.74, 6) is 0.687. The summed E-state index contributed by atoms with van der Waals surface area (Å²) in [4.78, 5) is 19.7. The van der Waals surface area contributed by atoms with Gasteiger partial charge in [0.1, 0.15) is 4.90 Å². The summed E-state index contributed by atoms with van der Waals surface area (Å²) in [7, 11) is -3.63. The lowest BCUT2D eigenvalue weighted by Crippen LogP contribution is -2.51. The van der Waals surface area contributed by atoms with Gasteiger partial charge in [-0.2, -0.15) is 13.7 Å². The molecule has 0 N–H and O–H groups in total. The van der Waals surface area contributed by atoms with Crippen LogP contribution in [0.1, 0.15) is 29.5 Å². The molecule has 34 heavy (non-hydrogen) atoms. The van der Waals surface area contributed by atoms with E-state index in [1.165, 1.54) is 5.56 Å². The summed E-state index contributed by atoms with van der Waals surface area (Å²) in [6.45, 7) is 5.15. The van der Waals surface area contributed by atoms with Crippen molar-refractivity contribution in [3.8, 4) is 6.07 Å². The Morgan fingerprint density at radius 3 is 2.32 bits per heavy atom. The number of carbonyl (C=O) groups excluding carboxylic acids is 1. The average Bonchev–Trinajstić information content (AvgIpc) is 3.15. The fraction of sp³-hybridized carbons (Fsp3) is 0.400. The highest BCUT2D eigenvalue weighted by Crippen LogP contribution is 2.30. The van der Waals surface area contributed by atoms with Gasteiger partial charge in [-0.05, 0) is 42.7 Å². The highest BCUT2D eigenvalue weighted by molar-refractivity contribution is 7.90. The first-order chi connectivity index (χ1) is 16.4. The number of rotatable bonds is 3. The number of piperazine rings is 1. The number of amidine groups is 1. The molecule has 2 aromatic rings. The number of benzene rings is 2. The van der Waals surface area contributed by atoms with E-state index in [2.05, 4.69) is 15.4 Å². The Kier molecular flexibility index (Phi) is 6.11. The second-order valence-corrected chi connectivity index (χ2v) is 10.6. The molecule has 0 bridgehead atoms. The highest BCUT2D eigenvalue weighted by atomic mass is 32.2. The maximum atomic E-state index is 13.2. The van der Waals surface area contributed by atoms with E-state index < -0.39 is 10.0 Å². The summed E-state index contributed by atoms with van der Waals surface area (Å²) < 4.78 is 28.8. The third-order valence-corrected chi connectivity index (χ3v) is 8.25. The number of likely N-dealkylation sites (tertiary alicyclic amines) is 1. The minimum atomic E-state index is -3.63. The van der Waals surface area contributed by atoms with Gasteiger partial charge in [-0.3, -0.25) is 9.69 Å². The van der Waals surface area contributed by atoms with E-state index in [1.54, 1.807) is 18.2 Å². The van der Waals surface area contributed by atoms with E-state index in [-0.39, 0.29) is 16.7 Å². The molecule has 3 heterocycles. The topological polar surface area (TPSA) is 97.1 Å². The number of carbonyl (C=O) groups is 1. The molecule has 2 saturated heterocycles. The molecule has 1 amide bonds. The molecule has 0 saturated carbocycles. The van der Waals surface area contributed by atoms with E-state index in [1.807, 2.05) is 40.1 Å². The van der Waals surface area contributed by atoms with Crippen molar-refractivity contribution in [2.45, 2.75) is 24.3 Å². The minimum Gasteiger partial charge on any atom is -0.355 e.